The summed E-state index contributed by atoms with van der Waals surface area (Å²) in [4.78, 5) is 22.7. The molecule has 1 rings (SSSR count). The maximum atomic E-state index is 11.4. The zero-order valence-electron chi connectivity index (χ0n) is 10.1. The van der Waals surface area contributed by atoms with E-state index in [1.807, 2.05) is 0 Å². The molecule has 0 saturated carbocycles. The van der Waals surface area contributed by atoms with Gasteiger partial charge in [-0.05, 0) is 35.3 Å². The number of halogens is 2. The highest BCUT2D eigenvalue weighted by molar-refractivity contribution is 6.69. The zero-order valence-corrected chi connectivity index (χ0v) is 11.6. The van der Waals surface area contributed by atoms with Gasteiger partial charge in [-0.2, -0.15) is 0 Å². The smallest absolute Gasteiger partial charge is 0.256 e. The Hall–Kier alpha value is -2.14. The standard InChI is InChI=1S/C14H8Cl2O4/c1-3-5-19-11-7-10(14(16)18)12(20-6-4-2)8-9(11)13(15)17/h1-2,7-8H,5-6H2. The monoisotopic (exact) mass is 310 g/mol. The topological polar surface area (TPSA) is 52.6 Å². The first-order valence-electron chi connectivity index (χ1n) is 5.21. The molecule has 1 aromatic rings. The van der Waals surface area contributed by atoms with Crippen molar-refractivity contribution in [1.29, 1.82) is 0 Å². The third kappa shape index (κ3) is 3.93. The lowest BCUT2D eigenvalue weighted by molar-refractivity contribution is 0.106. The molecule has 0 aliphatic rings. The SMILES string of the molecule is C#CCOc1cc(C(=O)Cl)c(OCC#C)cc1C(=O)Cl. The van der Waals surface area contributed by atoms with Crippen LogP contribution < -0.4 is 9.47 Å². The predicted molar refractivity (Wildman–Crippen MR) is 75.5 cm³/mol. The molecule has 0 spiro atoms. The minimum Gasteiger partial charge on any atom is -0.480 e. The molecule has 0 aliphatic heterocycles. The molecule has 20 heavy (non-hydrogen) atoms. The van der Waals surface area contributed by atoms with Gasteiger partial charge >= 0.3 is 0 Å². The van der Waals surface area contributed by atoms with Crippen LogP contribution in [0, 0.1) is 24.7 Å². The number of terminal acetylenes is 2. The van der Waals surface area contributed by atoms with Crippen LogP contribution in [0.25, 0.3) is 0 Å². The van der Waals surface area contributed by atoms with Crippen LogP contribution in [-0.4, -0.2) is 23.7 Å². The van der Waals surface area contributed by atoms with Crippen molar-refractivity contribution >= 4 is 33.7 Å². The zero-order chi connectivity index (χ0) is 15.1. The maximum Gasteiger partial charge on any atom is 0.256 e. The van der Waals surface area contributed by atoms with E-state index in [2.05, 4.69) is 11.8 Å². The van der Waals surface area contributed by atoms with Gasteiger partial charge in [-0.1, -0.05) is 11.8 Å². The minimum absolute atomic E-state index is 0.00407. The summed E-state index contributed by atoms with van der Waals surface area (Å²) in [7, 11) is 0. The molecule has 0 unspecified atom stereocenters. The summed E-state index contributed by atoms with van der Waals surface area (Å²) in [6.07, 6.45) is 10.1. The fourth-order valence-electron chi connectivity index (χ4n) is 1.34. The maximum absolute atomic E-state index is 11.4. The van der Waals surface area contributed by atoms with Crippen molar-refractivity contribution in [2.75, 3.05) is 13.2 Å². The van der Waals surface area contributed by atoms with Crippen LogP contribution in [0.3, 0.4) is 0 Å². The molecular formula is C14H8Cl2O4. The van der Waals surface area contributed by atoms with Crippen molar-refractivity contribution < 1.29 is 19.1 Å². The van der Waals surface area contributed by atoms with E-state index in [9.17, 15) is 9.59 Å². The van der Waals surface area contributed by atoms with Crippen molar-refractivity contribution in [3.63, 3.8) is 0 Å². The Kier molecular flexibility index (Phi) is 5.93. The Bertz CT molecular complexity index is 568. The second-order valence-electron chi connectivity index (χ2n) is 3.38. The molecule has 0 heterocycles. The van der Waals surface area contributed by atoms with Crippen molar-refractivity contribution in [1.82, 2.24) is 0 Å². The second-order valence-corrected chi connectivity index (χ2v) is 4.06. The van der Waals surface area contributed by atoms with Crippen molar-refractivity contribution in [3.05, 3.63) is 23.3 Å². The van der Waals surface area contributed by atoms with Gasteiger partial charge in [0.05, 0.1) is 11.1 Å². The number of rotatable bonds is 6. The molecule has 0 radical (unpaired) electrons. The average Bonchev–Trinajstić information content (AvgIpc) is 2.42. The highest BCUT2D eigenvalue weighted by Gasteiger charge is 2.19. The van der Waals surface area contributed by atoms with Crippen LogP contribution in [0.1, 0.15) is 20.7 Å². The third-order valence-corrected chi connectivity index (χ3v) is 2.53. The number of carbonyl (C=O) groups excluding carboxylic acids is 2. The van der Waals surface area contributed by atoms with E-state index in [-0.39, 0.29) is 35.8 Å². The summed E-state index contributed by atoms with van der Waals surface area (Å²) in [5.41, 5.74) is -0.00814. The van der Waals surface area contributed by atoms with E-state index < -0.39 is 10.5 Å². The lowest BCUT2D eigenvalue weighted by Gasteiger charge is -2.12. The number of hydrogen-bond donors (Lipinski definition) is 0. The second kappa shape index (κ2) is 7.45. The lowest BCUT2D eigenvalue weighted by atomic mass is 10.1. The third-order valence-electron chi connectivity index (χ3n) is 2.13. The highest BCUT2D eigenvalue weighted by atomic mass is 35.5. The van der Waals surface area contributed by atoms with E-state index >= 15 is 0 Å². The predicted octanol–water partition coefficient (Wildman–Crippen LogP) is 2.47. The van der Waals surface area contributed by atoms with Gasteiger partial charge in [-0.15, -0.1) is 12.8 Å². The van der Waals surface area contributed by atoms with Crippen LogP contribution in [0.5, 0.6) is 11.5 Å². The fraction of sp³-hybridized carbons (Fsp3) is 0.143. The summed E-state index contributed by atoms with van der Waals surface area (Å²) >= 11 is 10.9. The molecule has 4 nitrogen and oxygen atoms in total. The normalized spacial score (nSPS) is 9.20. The van der Waals surface area contributed by atoms with Crippen molar-refractivity contribution in [3.8, 4) is 36.2 Å². The Morgan fingerprint density at radius 2 is 1.30 bits per heavy atom. The van der Waals surface area contributed by atoms with E-state index in [0.717, 1.165) is 0 Å². The first kappa shape index (κ1) is 15.9. The molecule has 1 aromatic carbocycles. The van der Waals surface area contributed by atoms with Crippen molar-refractivity contribution in [2.24, 2.45) is 0 Å². The number of carbonyl (C=O) groups is 2. The molecular weight excluding hydrogens is 303 g/mol. The molecule has 0 atom stereocenters. The van der Waals surface area contributed by atoms with Gasteiger partial charge in [0.25, 0.3) is 10.5 Å². The van der Waals surface area contributed by atoms with Crippen LogP contribution in [-0.2, 0) is 0 Å². The molecule has 0 saturated heterocycles. The molecule has 0 fully saturated rings. The van der Waals surface area contributed by atoms with Gasteiger partial charge in [0.1, 0.15) is 24.7 Å². The molecule has 0 N–H and O–H groups in total. The van der Waals surface area contributed by atoms with E-state index in [1.165, 1.54) is 12.1 Å². The molecule has 0 amide bonds. The molecule has 0 aromatic heterocycles. The van der Waals surface area contributed by atoms with Gasteiger partial charge in [-0.3, -0.25) is 9.59 Å². The fourth-order valence-corrected chi connectivity index (χ4v) is 1.64. The van der Waals surface area contributed by atoms with Gasteiger partial charge in [0.15, 0.2) is 0 Å². The minimum atomic E-state index is -0.795. The van der Waals surface area contributed by atoms with Gasteiger partial charge in [0.2, 0.25) is 0 Å². The van der Waals surface area contributed by atoms with E-state index in [1.54, 1.807) is 0 Å². The molecule has 0 aliphatic carbocycles. The van der Waals surface area contributed by atoms with Gasteiger partial charge in [0, 0.05) is 0 Å². The van der Waals surface area contributed by atoms with E-state index in [0.29, 0.717) is 0 Å². The summed E-state index contributed by atoms with van der Waals surface area (Å²) in [5.74, 6) is 4.54. The Morgan fingerprint density at radius 1 is 0.950 bits per heavy atom. The molecule has 0 bridgehead atoms. The first-order valence-corrected chi connectivity index (χ1v) is 5.97. The van der Waals surface area contributed by atoms with Crippen LogP contribution in [0.15, 0.2) is 12.1 Å². The highest BCUT2D eigenvalue weighted by Crippen LogP contribution is 2.31. The number of ether oxygens (including phenoxy) is 2. The summed E-state index contributed by atoms with van der Waals surface area (Å²) in [5, 5.41) is -1.59. The van der Waals surface area contributed by atoms with Gasteiger partial charge < -0.3 is 9.47 Å². The Morgan fingerprint density at radius 3 is 1.55 bits per heavy atom. The summed E-state index contributed by atoms with van der Waals surface area (Å²) < 4.78 is 10.3. The van der Waals surface area contributed by atoms with E-state index in [4.69, 9.17) is 45.5 Å². The quantitative estimate of drug-likeness (QED) is 0.598. The Labute approximate surface area is 126 Å². The van der Waals surface area contributed by atoms with Gasteiger partial charge in [-0.25, -0.2) is 0 Å². The average molecular weight is 311 g/mol. The van der Waals surface area contributed by atoms with Crippen LogP contribution >= 0.6 is 23.2 Å². The molecule has 6 heteroatoms. The Balaban J connectivity index is 3.35. The number of hydrogen-bond acceptors (Lipinski definition) is 4. The van der Waals surface area contributed by atoms with Crippen LogP contribution in [0.2, 0.25) is 0 Å². The number of benzene rings is 1. The summed E-state index contributed by atoms with van der Waals surface area (Å²) in [6.45, 7) is -0.199. The lowest BCUT2D eigenvalue weighted by Crippen LogP contribution is -2.06. The largest absolute Gasteiger partial charge is 0.480 e. The summed E-state index contributed by atoms with van der Waals surface area (Å²) in [6, 6.07) is 2.46. The van der Waals surface area contributed by atoms with Crippen LogP contribution in [0.4, 0.5) is 0 Å². The molecule has 102 valence electrons. The van der Waals surface area contributed by atoms with Crippen molar-refractivity contribution in [2.45, 2.75) is 0 Å². The first-order chi connectivity index (χ1) is 9.51.